The molecule has 0 amide bonds. The number of benzene rings is 1. The summed E-state index contributed by atoms with van der Waals surface area (Å²) in [6.07, 6.45) is 0. The van der Waals surface area contributed by atoms with Gasteiger partial charge in [-0.3, -0.25) is 10.1 Å². The molecule has 0 unspecified atom stereocenters. The van der Waals surface area contributed by atoms with E-state index in [9.17, 15) is 10.1 Å². The van der Waals surface area contributed by atoms with E-state index < -0.39 is 4.92 Å². The van der Waals surface area contributed by atoms with Crippen LogP contribution in [0, 0.1) is 10.1 Å². The van der Waals surface area contributed by atoms with Crippen molar-refractivity contribution in [2.24, 2.45) is 5.73 Å². The van der Waals surface area contributed by atoms with Crippen LogP contribution in [-0.2, 0) is 0 Å². The molecule has 0 aromatic heterocycles. The largest absolute Gasteiger partial charge is 0.395 e. The molecular formula is C10H15ClN4O3. The second-order valence-corrected chi connectivity index (χ2v) is 3.88. The molecule has 18 heavy (non-hydrogen) atoms. The summed E-state index contributed by atoms with van der Waals surface area (Å²) < 4.78 is 0. The van der Waals surface area contributed by atoms with Gasteiger partial charge in [0.25, 0.3) is 5.69 Å². The van der Waals surface area contributed by atoms with E-state index in [-0.39, 0.29) is 17.3 Å². The van der Waals surface area contributed by atoms with Crippen molar-refractivity contribution in [1.82, 2.24) is 0 Å². The summed E-state index contributed by atoms with van der Waals surface area (Å²) in [7, 11) is 0. The van der Waals surface area contributed by atoms with Gasteiger partial charge in [0.2, 0.25) is 0 Å². The number of nitro benzene ring substituents is 1. The van der Waals surface area contributed by atoms with Crippen LogP contribution in [0.25, 0.3) is 0 Å². The molecule has 0 bridgehead atoms. The molecule has 7 nitrogen and oxygen atoms in total. The van der Waals surface area contributed by atoms with Crippen molar-refractivity contribution in [3.05, 3.63) is 27.3 Å². The number of anilines is 2. The van der Waals surface area contributed by atoms with Gasteiger partial charge in [-0.05, 0) is 6.07 Å². The summed E-state index contributed by atoms with van der Waals surface area (Å²) in [5.41, 5.74) is 6.10. The van der Waals surface area contributed by atoms with Gasteiger partial charge in [0, 0.05) is 25.7 Å². The zero-order valence-electron chi connectivity index (χ0n) is 9.65. The number of halogens is 1. The molecule has 0 saturated carbocycles. The summed E-state index contributed by atoms with van der Waals surface area (Å²) >= 11 is 5.91. The third kappa shape index (κ3) is 3.73. The Balaban J connectivity index is 3.05. The average molecular weight is 275 g/mol. The second-order valence-electron chi connectivity index (χ2n) is 3.47. The first-order valence-electron chi connectivity index (χ1n) is 5.36. The number of nitrogens with one attached hydrogen (secondary N) is 2. The van der Waals surface area contributed by atoms with Crippen molar-refractivity contribution < 1.29 is 10.0 Å². The molecule has 0 spiro atoms. The Morgan fingerprint density at radius 2 is 2.00 bits per heavy atom. The van der Waals surface area contributed by atoms with Crippen LogP contribution in [0.2, 0.25) is 5.02 Å². The van der Waals surface area contributed by atoms with Crippen LogP contribution in [-0.4, -0.2) is 36.3 Å². The van der Waals surface area contributed by atoms with Gasteiger partial charge in [-0.2, -0.15) is 0 Å². The Labute approximate surface area is 109 Å². The van der Waals surface area contributed by atoms with Gasteiger partial charge in [-0.15, -0.1) is 0 Å². The molecule has 0 aliphatic rings. The fourth-order valence-corrected chi connectivity index (χ4v) is 1.61. The molecule has 0 atom stereocenters. The van der Waals surface area contributed by atoms with Gasteiger partial charge < -0.3 is 21.5 Å². The lowest BCUT2D eigenvalue weighted by molar-refractivity contribution is -0.383. The smallest absolute Gasteiger partial charge is 0.293 e. The third-order valence-electron chi connectivity index (χ3n) is 2.17. The first-order valence-corrected chi connectivity index (χ1v) is 5.74. The minimum Gasteiger partial charge on any atom is -0.395 e. The molecule has 0 heterocycles. The Hall–Kier alpha value is -1.57. The zero-order chi connectivity index (χ0) is 13.5. The monoisotopic (exact) mass is 274 g/mol. The van der Waals surface area contributed by atoms with Crippen LogP contribution in [0.15, 0.2) is 12.1 Å². The Kier molecular flexibility index (Phi) is 5.63. The number of hydrogen-bond donors (Lipinski definition) is 4. The van der Waals surface area contributed by atoms with Crippen molar-refractivity contribution in [1.29, 1.82) is 0 Å². The molecule has 100 valence electrons. The van der Waals surface area contributed by atoms with E-state index in [0.29, 0.717) is 31.0 Å². The van der Waals surface area contributed by atoms with Gasteiger partial charge in [0.05, 0.1) is 22.2 Å². The van der Waals surface area contributed by atoms with Crippen LogP contribution >= 0.6 is 11.6 Å². The fourth-order valence-electron chi connectivity index (χ4n) is 1.39. The van der Waals surface area contributed by atoms with E-state index in [1.165, 1.54) is 12.1 Å². The highest BCUT2D eigenvalue weighted by Crippen LogP contribution is 2.34. The number of hydrogen-bond acceptors (Lipinski definition) is 6. The minimum atomic E-state index is -0.513. The maximum absolute atomic E-state index is 10.9. The topological polar surface area (TPSA) is 113 Å². The number of nitro groups is 1. The van der Waals surface area contributed by atoms with E-state index in [1.807, 2.05) is 0 Å². The Morgan fingerprint density at radius 1 is 1.33 bits per heavy atom. The summed E-state index contributed by atoms with van der Waals surface area (Å²) in [6, 6.07) is 2.80. The van der Waals surface area contributed by atoms with Gasteiger partial charge in [0.15, 0.2) is 0 Å². The van der Waals surface area contributed by atoms with Crippen LogP contribution in [0.4, 0.5) is 17.1 Å². The lowest BCUT2D eigenvalue weighted by atomic mass is 10.2. The predicted octanol–water partition coefficient (Wildman–Crippen LogP) is 1.02. The molecule has 0 saturated heterocycles. The fraction of sp³-hybridized carbons (Fsp3) is 0.400. The number of nitrogens with zero attached hydrogens (tertiary/aromatic N) is 1. The molecule has 1 aromatic carbocycles. The molecule has 1 aromatic rings. The molecule has 8 heteroatoms. The highest BCUT2D eigenvalue weighted by molar-refractivity contribution is 6.33. The molecule has 1 rings (SSSR count). The van der Waals surface area contributed by atoms with E-state index in [4.69, 9.17) is 22.4 Å². The zero-order valence-corrected chi connectivity index (χ0v) is 10.4. The number of rotatable bonds is 7. The third-order valence-corrected chi connectivity index (χ3v) is 2.48. The molecule has 0 radical (unpaired) electrons. The highest BCUT2D eigenvalue weighted by Gasteiger charge is 2.17. The van der Waals surface area contributed by atoms with E-state index in [0.717, 1.165) is 0 Å². The van der Waals surface area contributed by atoms with E-state index >= 15 is 0 Å². The Bertz CT molecular complexity index is 428. The van der Waals surface area contributed by atoms with Crippen LogP contribution in [0.1, 0.15) is 0 Å². The van der Waals surface area contributed by atoms with Gasteiger partial charge in [0.1, 0.15) is 5.69 Å². The van der Waals surface area contributed by atoms with Crippen LogP contribution in [0.3, 0.4) is 0 Å². The van der Waals surface area contributed by atoms with Crippen molar-refractivity contribution in [3.8, 4) is 0 Å². The van der Waals surface area contributed by atoms with E-state index in [2.05, 4.69) is 10.6 Å². The van der Waals surface area contributed by atoms with Crippen molar-refractivity contribution >= 4 is 28.7 Å². The summed E-state index contributed by atoms with van der Waals surface area (Å²) in [5.74, 6) is 0. The normalized spacial score (nSPS) is 10.2. The minimum absolute atomic E-state index is 0.0567. The van der Waals surface area contributed by atoms with Crippen molar-refractivity contribution in [3.63, 3.8) is 0 Å². The SMILES string of the molecule is NCCNc1cc(NCCO)c(Cl)cc1[N+](=O)[O-]. The summed E-state index contributed by atoms with van der Waals surface area (Å²) in [4.78, 5) is 10.4. The predicted molar refractivity (Wildman–Crippen MR) is 71.2 cm³/mol. The molecular weight excluding hydrogens is 260 g/mol. The summed E-state index contributed by atoms with van der Waals surface area (Å²) in [6.45, 7) is 1.04. The number of nitrogens with two attached hydrogens (primary N) is 1. The van der Waals surface area contributed by atoms with E-state index in [1.54, 1.807) is 0 Å². The average Bonchev–Trinajstić information content (AvgIpc) is 2.35. The standard InChI is InChI=1S/C10H15ClN4O3/c11-7-5-10(15(17)18)9(13-2-1-12)6-8(7)14-3-4-16/h5-6,13-14,16H,1-4,12H2. The quantitative estimate of drug-likeness (QED) is 0.436. The second kappa shape index (κ2) is 7.00. The molecule has 0 fully saturated rings. The van der Waals surface area contributed by atoms with Gasteiger partial charge in [-0.25, -0.2) is 0 Å². The lowest BCUT2D eigenvalue weighted by Crippen LogP contribution is -2.14. The van der Waals surface area contributed by atoms with Gasteiger partial charge in [-0.1, -0.05) is 11.6 Å². The van der Waals surface area contributed by atoms with Crippen LogP contribution < -0.4 is 16.4 Å². The van der Waals surface area contributed by atoms with Gasteiger partial charge >= 0.3 is 0 Å². The molecule has 0 aliphatic heterocycles. The van der Waals surface area contributed by atoms with Crippen molar-refractivity contribution in [2.75, 3.05) is 36.9 Å². The Morgan fingerprint density at radius 3 is 2.56 bits per heavy atom. The van der Waals surface area contributed by atoms with Crippen LogP contribution in [0.5, 0.6) is 0 Å². The first-order chi connectivity index (χ1) is 8.60. The molecule has 5 N–H and O–H groups in total. The number of aliphatic hydroxyl groups excluding tert-OH is 1. The lowest BCUT2D eigenvalue weighted by Gasteiger charge is -2.11. The number of aliphatic hydroxyl groups is 1. The maximum atomic E-state index is 10.9. The first kappa shape index (κ1) is 14.5. The maximum Gasteiger partial charge on any atom is 0.293 e. The highest BCUT2D eigenvalue weighted by atomic mass is 35.5. The summed E-state index contributed by atoms with van der Waals surface area (Å²) in [5, 5.41) is 25.6. The molecule has 0 aliphatic carbocycles. The van der Waals surface area contributed by atoms with Crippen molar-refractivity contribution in [2.45, 2.75) is 0 Å².